The van der Waals surface area contributed by atoms with Gasteiger partial charge in [0.1, 0.15) is 4.88 Å². The van der Waals surface area contributed by atoms with Crippen molar-refractivity contribution in [2.75, 3.05) is 4.90 Å². The molecule has 0 spiro atoms. The second-order valence-corrected chi connectivity index (χ2v) is 8.29. The second-order valence-electron chi connectivity index (χ2n) is 7.24. The average Bonchev–Trinajstić information content (AvgIpc) is 3.08. The molecule has 0 radical (unpaired) electrons. The Kier molecular flexibility index (Phi) is 5.80. The Morgan fingerprint density at radius 3 is 2.41 bits per heavy atom. The quantitative estimate of drug-likeness (QED) is 0.713. The van der Waals surface area contributed by atoms with Gasteiger partial charge < -0.3 is 10.0 Å². The summed E-state index contributed by atoms with van der Waals surface area (Å²) in [4.78, 5) is 27.9. The minimum atomic E-state index is -0.986. The molecule has 1 aromatic carbocycles. The van der Waals surface area contributed by atoms with E-state index in [4.69, 9.17) is 0 Å². The van der Waals surface area contributed by atoms with E-state index in [9.17, 15) is 14.7 Å². The smallest absolute Gasteiger partial charge is 0.348 e. The number of allylic oxidation sites excluding steroid dienone is 2. The van der Waals surface area contributed by atoms with Crippen LogP contribution in [0.4, 0.5) is 5.69 Å². The number of amides is 1. The Hall–Kier alpha value is -2.40. The number of rotatable bonds is 5. The van der Waals surface area contributed by atoms with Crippen LogP contribution in [-0.2, 0) is 0 Å². The number of aryl methyl sites for hydroxylation is 1. The van der Waals surface area contributed by atoms with Gasteiger partial charge in [-0.25, -0.2) is 4.79 Å². The lowest BCUT2D eigenvalue weighted by molar-refractivity contribution is 0.0703. The molecule has 0 saturated carbocycles. The van der Waals surface area contributed by atoms with Gasteiger partial charge in [0, 0.05) is 16.5 Å². The monoisotopic (exact) mass is 383 g/mol. The van der Waals surface area contributed by atoms with Gasteiger partial charge >= 0.3 is 5.97 Å². The summed E-state index contributed by atoms with van der Waals surface area (Å²) in [6.07, 6.45) is 6.50. The summed E-state index contributed by atoms with van der Waals surface area (Å²) in [7, 11) is 0. The van der Waals surface area contributed by atoms with Gasteiger partial charge in [0.15, 0.2) is 0 Å². The molecular weight excluding hydrogens is 358 g/mol. The van der Waals surface area contributed by atoms with Crippen LogP contribution in [0, 0.1) is 6.92 Å². The number of carbonyl (C=O) groups excluding carboxylic acids is 1. The summed E-state index contributed by atoms with van der Waals surface area (Å²) in [5.74, 6) is -1.16. The van der Waals surface area contributed by atoms with E-state index < -0.39 is 5.97 Å². The molecule has 27 heavy (non-hydrogen) atoms. The van der Waals surface area contributed by atoms with Gasteiger partial charge in [-0.2, -0.15) is 0 Å². The number of carbonyl (C=O) groups is 2. The van der Waals surface area contributed by atoms with Crippen molar-refractivity contribution in [2.45, 2.75) is 52.5 Å². The van der Waals surface area contributed by atoms with Crippen LogP contribution in [0.5, 0.6) is 0 Å². The average molecular weight is 384 g/mol. The van der Waals surface area contributed by atoms with E-state index in [0.29, 0.717) is 11.3 Å². The minimum absolute atomic E-state index is 0.153. The standard InChI is InChI=1S/C22H25NO3S/c1-14(2)23(21(24)17-11-9-15(3)10-12-17)18-13-19(27-20(18)22(25)26)16-7-5-4-6-8-16/h7,9-14H,4-6,8H2,1-3H3,(H,25,26). The largest absolute Gasteiger partial charge is 0.477 e. The first-order valence-electron chi connectivity index (χ1n) is 9.35. The summed E-state index contributed by atoms with van der Waals surface area (Å²) in [6, 6.07) is 9.12. The van der Waals surface area contributed by atoms with Crippen LogP contribution >= 0.6 is 11.3 Å². The Balaban J connectivity index is 2.05. The lowest BCUT2D eigenvalue weighted by Gasteiger charge is -2.26. The number of thiophene rings is 1. The first-order valence-corrected chi connectivity index (χ1v) is 10.2. The van der Waals surface area contributed by atoms with E-state index in [1.54, 1.807) is 17.0 Å². The van der Waals surface area contributed by atoms with Gasteiger partial charge in [-0.3, -0.25) is 4.79 Å². The molecule has 0 fully saturated rings. The molecule has 3 rings (SSSR count). The second kappa shape index (κ2) is 8.09. The molecule has 0 atom stereocenters. The highest BCUT2D eigenvalue weighted by Gasteiger charge is 2.28. The van der Waals surface area contributed by atoms with Crippen molar-refractivity contribution in [3.8, 4) is 0 Å². The van der Waals surface area contributed by atoms with Gasteiger partial charge in [0.05, 0.1) is 5.69 Å². The highest BCUT2D eigenvalue weighted by Crippen LogP contribution is 2.39. The number of nitrogens with zero attached hydrogens (tertiary/aromatic N) is 1. The third-order valence-corrected chi connectivity index (χ3v) is 6.00. The molecule has 5 heteroatoms. The molecule has 0 bridgehead atoms. The zero-order chi connectivity index (χ0) is 19.6. The topological polar surface area (TPSA) is 57.6 Å². The molecule has 1 N–H and O–H groups in total. The fourth-order valence-corrected chi connectivity index (χ4v) is 4.45. The van der Waals surface area contributed by atoms with E-state index in [2.05, 4.69) is 6.08 Å². The number of carboxylic acid groups (broad SMARTS) is 1. The maximum absolute atomic E-state index is 13.2. The van der Waals surface area contributed by atoms with Crippen LogP contribution in [0.2, 0.25) is 0 Å². The van der Waals surface area contributed by atoms with Crippen molar-refractivity contribution in [3.63, 3.8) is 0 Å². The predicted octanol–water partition coefficient (Wildman–Crippen LogP) is 5.77. The Morgan fingerprint density at radius 1 is 1.15 bits per heavy atom. The number of carboxylic acids is 1. The molecule has 2 aromatic rings. The zero-order valence-corrected chi connectivity index (χ0v) is 16.8. The fraction of sp³-hybridized carbons (Fsp3) is 0.364. The zero-order valence-electron chi connectivity index (χ0n) is 16.0. The molecule has 0 saturated heterocycles. The lowest BCUT2D eigenvalue weighted by Crippen LogP contribution is -2.37. The van der Waals surface area contributed by atoms with Crippen LogP contribution < -0.4 is 4.90 Å². The molecular formula is C22H25NO3S. The highest BCUT2D eigenvalue weighted by atomic mass is 32.1. The molecule has 1 aromatic heterocycles. The summed E-state index contributed by atoms with van der Waals surface area (Å²) in [5.41, 5.74) is 3.34. The molecule has 1 aliphatic rings. The molecule has 1 heterocycles. The van der Waals surface area contributed by atoms with Crippen molar-refractivity contribution in [1.82, 2.24) is 0 Å². The minimum Gasteiger partial charge on any atom is -0.477 e. The van der Waals surface area contributed by atoms with Crippen LogP contribution in [-0.4, -0.2) is 23.0 Å². The molecule has 4 nitrogen and oxygen atoms in total. The first-order chi connectivity index (χ1) is 12.9. The van der Waals surface area contributed by atoms with Gasteiger partial charge in [-0.15, -0.1) is 11.3 Å². The Labute approximate surface area is 164 Å². The molecule has 0 aliphatic heterocycles. The maximum atomic E-state index is 13.2. The highest BCUT2D eigenvalue weighted by molar-refractivity contribution is 7.15. The van der Waals surface area contributed by atoms with Crippen LogP contribution in [0.3, 0.4) is 0 Å². The summed E-state index contributed by atoms with van der Waals surface area (Å²) < 4.78 is 0. The third kappa shape index (κ3) is 4.14. The maximum Gasteiger partial charge on any atom is 0.348 e. The molecule has 142 valence electrons. The first kappa shape index (κ1) is 19.4. The van der Waals surface area contributed by atoms with Crippen LogP contribution in [0.15, 0.2) is 36.4 Å². The fourth-order valence-electron chi connectivity index (χ4n) is 3.39. The van der Waals surface area contributed by atoms with Gasteiger partial charge in [0.25, 0.3) is 5.91 Å². The van der Waals surface area contributed by atoms with Crippen molar-refractivity contribution < 1.29 is 14.7 Å². The Morgan fingerprint density at radius 2 is 1.85 bits per heavy atom. The van der Waals surface area contributed by atoms with E-state index in [1.165, 1.54) is 23.3 Å². The predicted molar refractivity (Wildman–Crippen MR) is 111 cm³/mol. The van der Waals surface area contributed by atoms with Crippen molar-refractivity contribution >= 4 is 34.5 Å². The van der Waals surface area contributed by atoms with Crippen LogP contribution in [0.1, 0.15) is 70.0 Å². The van der Waals surface area contributed by atoms with E-state index >= 15 is 0 Å². The van der Waals surface area contributed by atoms with Crippen molar-refractivity contribution in [2.24, 2.45) is 0 Å². The summed E-state index contributed by atoms with van der Waals surface area (Å²) in [5, 5.41) is 9.75. The molecule has 1 aliphatic carbocycles. The van der Waals surface area contributed by atoms with Gasteiger partial charge in [0.2, 0.25) is 0 Å². The molecule has 1 amide bonds. The van der Waals surface area contributed by atoms with E-state index in [0.717, 1.165) is 29.7 Å². The molecule has 0 unspecified atom stereocenters. The third-order valence-electron chi connectivity index (χ3n) is 4.81. The number of aromatic carboxylic acids is 1. The van der Waals surface area contributed by atoms with Crippen molar-refractivity contribution in [3.05, 3.63) is 57.3 Å². The van der Waals surface area contributed by atoms with Crippen molar-refractivity contribution in [1.29, 1.82) is 0 Å². The number of anilines is 1. The normalized spacial score (nSPS) is 14.1. The van der Waals surface area contributed by atoms with E-state index in [-0.39, 0.29) is 16.8 Å². The lowest BCUT2D eigenvalue weighted by atomic mass is 9.98. The SMILES string of the molecule is Cc1ccc(C(=O)N(c2cc(C3=CCCCC3)sc2C(=O)O)C(C)C)cc1. The number of benzene rings is 1. The van der Waals surface area contributed by atoms with E-state index in [1.807, 2.05) is 39.0 Å². The summed E-state index contributed by atoms with van der Waals surface area (Å²) in [6.45, 7) is 5.80. The van der Waals surface area contributed by atoms with Gasteiger partial charge in [-0.05, 0) is 70.2 Å². The Bertz CT molecular complexity index is 877. The van der Waals surface area contributed by atoms with Gasteiger partial charge in [-0.1, -0.05) is 23.8 Å². The number of hydrogen-bond donors (Lipinski definition) is 1. The number of hydrogen-bond acceptors (Lipinski definition) is 3. The summed E-state index contributed by atoms with van der Waals surface area (Å²) >= 11 is 1.27. The van der Waals surface area contributed by atoms with Crippen LogP contribution in [0.25, 0.3) is 5.57 Å².